The molecule has 1 N–H and O–H groups in total. The predicted molar refractivity (Wildman–Crippen MR) is 74.9 cm³/mol. The summed E-state index contributed by atoms with van der Waals surface area (Å²) in [7, 11) is 0. The van der Waals surface area contributed by atoms with Crippen molar-refractivity contribution in [3.63, 3.8) is 0 Å². The largest absolute Gasteiger partial charge is 0.488 e. The number of halogens is 1. The lowest BCUT2D eigenvalue weighted by molar-refractivity contribution is 0.228. The van der Waals surface area contributed by atoms with Crippen molar-refractivity contribution in [2.45, 2.75) is 18.9 Å². The summed E-state index contributed by atoms with van der Waals surface area (Å²) in [6.45, 7) is 1.73. The predicted octanol–water partition coefficient (Wildman–Crippen LogP) is 3.07. The van der Waals surface area contributed by atoms with Crippen LogP contribution in [0.15, 0.2) is 41.0 Å². The maximum atomic E-state index is 5.97. The number of ether oxygens (including phenoxy) is 1. The van der Waals surface area contributed by atoms with Crippen LogP contribution in [0.5, 0.6) is 5.75 Å². The summed E-state index contributed by atoms with van der Waals surface area (Å²) in [5.41, 5.74) is 1.20. The van der Waals surface area contributed by atoms with Crippen molar-refractivity contribution in [1.29, 1.82) is 0 Å². The lowest BCUT2D eigenvalue weighted by atomic mass is 10.1. The van der Waals surface area contributed by atoms with Crippen molar-refractivity contribution in [1.82, 2.24) is 5.32 Å². The van der Waals surface area contributed by atoms with E-state index < -0.39 is 0 Å². The fourth-order valence-corrected chi connectivity index (χ4v) is 2.53. The lowest BCUT2D eigenvalue weighted by Gasteiger charge is -2.11. The number of furan rings is 1. The second-order valence-corrected chi connectivity index (χ2v) is 5.17. The molecular formula is C15H16ClNO2. The summed E-state index contributed by atoms with van der Waals surface area (Å²) in [4.78, 5) is 0. The first kappa shape index (κ1) is 12.6. The van der Waals surface area contributed by atoms with Crippen LogP contribution in [0.25, 0.3) is 0 Å². The average Bonchev–Trinajstić information content (AvgIpc) is 3.02. The van der Waals surface area contributed by atoms with Gasteiger partial charge in [0.2, 0.25) is 0 Å². The Hall–Kier alpha value is -1.45. The first-order valence-corrected chi connectivity index (χ1v) is 6.87. The second-order valence-electron chi connectivity index (χ2n) is 4.73. The summed E-state index contributed by atoms with van der Waals surface area (Å²) in [5.74, 6) is 1.97. The molecule has 19 heavy (non-hydrogen) atoms. The monoisotopic (exact) mass is 277 g/mol. The first-order valence-electron chi connectivity index (χ1n) is 6.49. The zero-order valence-electron chi connectivity index (χ0n) is 10.6. The molecule has 2 heterocycles. The van der Waals surface area contributed by atoms with Gasteiger partial charge in [0.25, 0.3) is 0 Å². The SMILES string of the molecule is Clc1ccc2c(c1)CC(CNCCc1ccco1)O2. The van der Waals surface area contributed by atoms with Gasteiger partial charge in [-0.3, -0.25) is 0 Å². The Morgan fingerprint density at radius 2 is 2.26 bits per heavy atom. The fourth-order valence-electron chi connectivity index (χ4n) is 2.33. The quantitative estimate of drug-likeness (QED) is 0.853. The first-order chi connectivity index (χ1) is 9.31. The molecule has 1 aliphatic heterocycles. The maximum absolute atomic E-state index is 5.97. The van der Waals surface area contributed by atoms with Gasteiger partial charge in [-0.25, -0.2) is 0 Å². The van der Waals surface area contributed by atoms with Gasteiger partial charge < -0.3 is 14.5 Å². The number of hydrogen-bond acceptors (Lipinski definition) is 3. The van der Waals surface area contributed by atoms with E-state index in [0.717, 1.165) is 42.5 Å². The van der Waals surface area contributed by atoms with Crippen LogP contribution >= 0.6 is 11.6 Å². The third-order valence-corrected chi connectivity index (χ3v) is 3.50. The molecule has 1 unspecified atom stereocenters. The van der Waals surface area contributed by atoms with Gasteiger partial charge in [0.1, 0.15) is 17.6 Å². The molecule has 100 valence electrons. The number of benzene rings is 1. The van der Waals surface area contributed by atoms with Gasteiger partial charge in [-0.15, -0.1) is 0 Å². The van der Waals surface area contributed by atoms with E-state index in [1.165, 1.54) is 5.56 Å². The molecule has 4 heteroatoms. The number of nitrogens with one attached hydrogen (secondary N) is 1. The molecular weight excluding hydrogens is 262 g/mol. The van der Waals surface area contributed by atoms with Crippen LogP contribution < -0.4 is 10.1 Å². The Labute approximate surface area is 117 Å². The van der Waals surface area contributed by atoms with Crippen LogP contribution in [-0.4, -0.2) is 19.2 Å². The third-order valence-electron chi connectivity index (χ3n) is 3.26. The normalized spacial score (nSPS) is 17.2. The van der Waals surface area contributed by atoms with Crippen LogP contribution in [-0.2, 0) is 12.8 Å². The Morgan fingerprint density at radius 1 is 1.32 bits per heavy atom. The van der Waals surface area contributed by atoms with Crippen molar-refractivity contribution in [3.05, 3.63) is 52.9 Å². The van der Waals surface area contributed by atoms with E-state index in [0.29, 0.717) is 0 Å². The molecule has 1 atom stereocenters. The highest BCUT2D eigenvalue weighted by Gasteiger charge is 2.22. The highest BCUT2D eigenvalue weighted by molar-refractivity contribution is 6.30. The smallest absolute Gasteiger partial charge is 0.123 e. The van der Waals surface area contributed by atoms with Crippen LogP contribution in [0.1, 0.15) is 11.3 Å². The Bertz CT molecular complexity index is 539. The minimum Gasteiger partial charge on any atom is -0.488 e. The number of fused-ring (bicyclic) bond motifs is 1. The van der Waals surface area contributed by atoms with Gasteiger partial charge in [0, 0.05) is 31.0 Å². The zero-order chi connectivity index (χ0) is 13.1. The highest BCUT2D eigenvalue weighted by atomic mass is 35.5. The van der Waals surface area contributed by atoms with Crippen molar-refractivity contribution in [2.24, 2.45) is 0 Å². The Morgan fingerprint density at radius 3 is 3.11 bits per heavy atom. The summed E-state index contributed by atoms with van der Waals surface area (Å²) in [6.07, 6.45) is 3.72. The van der Waals surface area contributed by atoms with Gasteiger partial charge in [0.05, 0.1) is 6.26 Å². The summed E-state index contributed by atoms with van der Waals surface area (Å²) >= 11 is 5.97. The van der Waals surface area contributed by atoms with Crippen LogP contribution in [0, 0.1) is 0 Å². The van der Waals surface area contributed by atoms with E-state index in [1.807, 2.05) is 30.3 Å². The molecule has 1 aromatic carbocycles. The van der Waals surface area contributed by atoms with Crippen LogP contribution in [0.3, 0.4) is 0 Å². The minimum absolute atomic E-state index is 0.199. The van der Waals surface area contributed by atoms with E-state index in [2.05, 4.69) is 5.32 Å². The topological polar surface area (TPSA) is 34.4 Å². The standard InChI is InChI=1S/C15H16ClNO2/c16-12-3-4-15-11(8-12)9-14(19-15)10-17-6-5-13-2-1-7-18-13/h1-4,7-8,14,17H,5-6,9-10H2. The molecule has 0 bridgehead atoms. The Balaban J connectivity index is 1.43. The molecule has 3 rings (SSSR count). The van der Waals surface area contributed by atoms with Crippen LogP contribution in [0.4, 0.5) is 0 Å². The van der Waals surface area contributed by atoms with E-state index in [4.69, 9.17) is 20.8 Å². The number of hydrogen-bond donors (Lipinski definition) is 1. The van der Waals surface area contributed by atoms with Crippen LogP contribution in [0.2, 0.25) is 5.02 Å². The third kappa shape index (κ3) is 3.11. The molecule has 0 spiro atoms. The van der Waals surface area contributed by atoms with Crippen molar-refractivity contribution >= 4 is 11.6 Å². The molecule has 0 aliphatic carbocycles. The van der Waals surface area contributed by atoms with Gasteiger partial charge >= 0.3 is 0 Å². The maximum Gasteiger partial charge on any atom is 0.123 e. The van der Waals surface area contributed by atoms with Gasteiger partial charge in [-0.05, 0) is 35.9 Å². The molecule has 2 aromatic rings. The summed E-state index contributed by atoms with van der Waals surface area (Å²) in [5, 5.41) is 4.17. The second kappa shape index (κ2) is 5.68. The highest BCUT2D eigenvalue weighted by Crippen LogP contribution is 2.30. The minimum atomic E-state index is 0.199. The molecule has 3 nitrogen and oxygen atoms in total. The van der Waals surface area contributed by atoms with E-state index >= 15 is 0 Å². The fraction of sp³-hybridized carbons (Fsp3) is 0.333. The van der Waals surface area contributed by atoms with Crippen molar-refractivity contribution < 1.29 is 9.15 Å². The molecule has 1 aliphatic rings. The average molecular weight is 278 g/mol. The molecule has 0 saturated heterocycles. The lowest BCUT2D eigenvalue weighted by Crippen LogP contribution is -2.31. The molecule has 0 fully saturated rings. The van der Waals surface area contributed by atoms with Gasteiger partial charge in [-0.2, -0.15) is 0 Å². The van der Waals surface area contributed by atoms with Crippen molar-refractivity contribution in [2.75, 3.05) is 13.1 Å². The van der Waals surface area contributed by atoms with Gasteiger partial charge in [0.15, 0.2) is 0 Å². The molecule has 0 amide bonds. The summed E-state index contributed by atoms with van der Waals surface area (Å²) in [6, 6.07) is 9.70. The Kier molecular flexibility index (Phi) is 3.76. The summed E-state index contributed by atoms with van der Waals surface area (Å²) < 4.78 is 11.1. The zero-order valence-corrected chi connectivity index (χ0v) is 11.3. The van der Waals surface area contributed by atoms with E-state index in [-0.39, 0.29) is 6.10 Å². The molecule has 0 radical (unpaired) electrons. The van der Waals surface area contributed by atoms with Crippen molar-refractivity contribution in [3.8, 4) is 5.75 Å². The van der Waals surface area contributed by atoms with E-state index in [1.54, 1.807) is 6.26 Å². The van der Waals surface area contributed by atoms with Gasteiger partial charge in [-0.1, -0.05) is 11.6 Å². The number of rotatable bonds is 5. The van der Waals surface area contributed by atoms with E-state index in [9.17, 15) is 0 Å². The molecule has 0 saturated carbocycles. The molecule has 1 aromatic heterocycles.